The van der Waals surface area contributed by atoms with Gasteiger partial charge in [-0.1, -0.05) is 0 Å². The molecule has 22 heavy (non-hydrogen) atoms. The maximum Gasteiger partial charge on any atom is 0.316 e. The van der Waals surface area contributed by atoms with Crippen LogP contribution in [-0.4, -0.2) is 80.6 Å². The van der Waals surface area contributed by atoms with Crippen molar-refractivity contribution in [2.24, 2.45) is 0 Å². The molecular weight excluding hydrogens is 290 g/mol. The Morgan fingerprint density at radius 1 is 1.23 bits per heavy atom. The SMILES string of the molecule is COc1ncc(C(=O)N(C)[C@@H]2COC[C@@H](OC)[C@H]2OC)cn1. The van der Waals surface area contributed by atoms with Gasteiger partial charge in [-0.25, -0.2) is 9.97 Å². The largest absolute Gasteiger partial charge is 0.467 e. The zero-order valence-electron chi connectivity index (χ0n) is 13.2. The van der Waals surface area contributed by atoms with E-state index in [1.165, 1.54) is 19.5 Å². The van der Waals surface area contributed by atoms with E-state index in [1.807, 2.05) is 0 Å². The molecule has 0 aliphatic carbocycles. The number of hydrogen-bond acceptors (Lipinski definition) is 7. The van der Waals surface area contributed by atoms with Gasteiger partial charge in [-0.3, -0.25) is 4.79 Å². The molecule has 3 atom stereocenters. The first-order valence-electron chi connectivity index (χ1n) is 6.88. The number of carbonyl (C=O) groups excluding carboxylic acids is 1. The molecule has 1 amide bonds. The summed E-state index contributed by atoms with van der Waals surface area (Å²) in [6, 6.07) is -0.0345. The van der Waals surface area contributed by atoms with Gasteiger partial charge in [0.15, 0.2) is 0 Å². The van der Waals surface area contributed by atoms with E-state index in [-0.39, 0.29) is 30.2 Å². The van der Waals surface area contributed by atoms with Crippen LogP contribution in [0.3, 0.4) is 0 Å². The van der Waals surface area contributed by atoms with Crippen molar-refractivity contribution in [1.82, 2.24) is 14.9 Å². The molecule has 0 spiro atoms. The van der Waals surface area contributed by atoms with E-state index >= 15 is 0 Å². The topological polar surface area (TPSA) is 83.0 Å². The summed E-state index contributed by atoms with van der Waals surface area (Å²) in [5.74, 6) is -0.213. The number of hydrogen-bond donors (Lipinski definition) is 0. The summed E-state index contributed by atoms with van der Waals surface area (Å²) in [6.45, 7) is 0.830. The summed E-state index contributed by atoms with van der Waals surface area (Å²) in [4.78, 5) is 22.0. The van der Waals surface area contributed by atoms with Crippen LogP contribution in [0, 0.1) is 0 Å². The molecule has 122 valence electrons. The van der Waals surface area contributed by atoms with Crippen LogP contribution in [0.4, 0.5) is 0 Å². The van der Waals surface area contributed by atoms with Crippen molar-refractivity contribution in [2.75, 3.05) is 41.6 Å². The first-order chi connectivity index (χ1) is 10.6. The Morgan fingerprint density at radius 3 is 2.45 bits per heavy atom. The Bertz CT molecular complexity index is 496. The quantitative estimate of drug-likeness (QED) is 0.756. The first-order valence-corrected chi connectivity index (χ1v) is 6.88. The van der Waals surface area contributed by atoms with Crippen molar-refractivity contribution >= 4 is 5.91 Å². The van der Waals surface area contributed by atoms with Gasteiger partial charge in [-0.2, -0.15) is 0 Å². The summed E-state index contributed by atoms with van der Waals surface area (Å²) in [5.41, 5.74) is 0.373. The average Bonchev–Trinajstić information content (AvgIpc) is 2.59. The van der Waals surface area contributed by atoms with Crippen LogP contribution in [0.25, 0.3) is 0 Å². The summed E-state index contributed by atoms with van der Waals surface area (Å²) in [6.07, 6.45) is 2.39. The number of ether oxygens (including phenoxy) is 4. The van der Waals surface area contributed by atoms with Crippen molar-refractivity contribution in [2.45, 2.75) is 18.2 Å². The molecule has 0 unspecified atom stereocenters. The second-order valence-electron chi connectivity index (χ2n) is 4.95. The summed E-state index contributed by atoms with van der Waals surface area (Å²) in [5, 5.41) is 0. The number of rotatable bonds is 5. The third kappa shape index (κ3) is 3.34. The van der Waals surface area contributed by atoms with Gasteiger partial charge in [-0.15, -0.1) is 0 Å². The van der Waals surface area contributed by atoms with E-state index in [1.54, 1.807) is 26.2 Å². The van der Waals surface area contributed by atoms with Gasteiger partial charge in [0.25, 0.3) is 5.91 Å². The first kappa shape index (κ1) is 16.6. The highest BCUT2D eigenvalue weighted by atomic mass is 16.6. The predicted molar refractivity (Wildman–Crippen MR) is 76.9 cm³/mol. The maximum absolute atomic E-state index is 12.6. The molecule has 1 aliphatic heterocycles. The molecule has 0 N–H and O–H groups in total. The maximum atomic E-state index is 12.6. The fourth-order valence-electron chi connectivity index (χ4n) is 2.47. The van der Waals surface area contributed by atoms with Crippen LogP contribution in [0.5, 0.6) is 6.01 Å². The third-order valence-electron chi connectivity index (χ3n) is 3.77. The van der Waals surface area contributed by atoms with Crippen LogP contribution < -0.4 is 4.74 Å². The minimum absolute atomic E-state index is 0.213. The number of nitrogens with zero attached hydrogens (tertiary/aromatic N) is 3. The Labute approximate surface area is 129 Å². The molecule has 8 nitrogen and oxygen atoms in total. The second-order valence-corrected chi connectivity index (χ2v) is 4.95. The number of methoxy groups -OCH3 is 3. The molecule has 8 heteroatoms. The van der Waals surface area contributed by atoms with Crippen molar-refractivity contribution in [1.29, 1.82) is 0 Å². The van der Waals surface area contributed by atoms with Crippen LogP contribution in [0.2, 0.25) is 0 Å². The Balaban J connectivity index is 2.13. The predicted octanol–water partition coefficient (Wildman–Crippen LogP) is -0.0140. The summed E-state index contributed by atoms with van der Waals surface area (Å²) < 4.78 is 21.3. The van der Waals surface area contributed by atoms with Gasteiger partial charge in [0.2, 0.25) is 0 Å². The Hall–Kier alpha value is -1.77. The van der Waals surface area contributed by atoms with E-state index in [0.717, 1.165) is 0 Å². The van der Waals surface area contributed by atoms with E-state index in [2.05, 4.69) is 9.97 Å². The van der Waals surface area contributed by atoms with E-state index in [9.17, 15) is 4.79 Å². The highest BCUT2D eigenvalue weighted by Crippen LogP contribution is 2.20. The number of likely N-dealkylation sites (N-methyl/N-ethyl adjacent to an activating group) is 1. The van der Waals surface area contributed by atoms with Crippen molar-refractivity contribution in [3.05, 3.63) is 18.0 Å². The average molecular weight is 311 g/mol. The minimum Gasteiger partial charge on any atom is -0.467 e. The molecule has 0 saturated carbocycles. The molecule has 0 bridgehead atoms. The van der Waals surface area contributed by atoms with Gasteiger partial charge >= 0.3 is 6.01 Å². The zero-order chi connectivity index (χ0) is 16.1. The van der Waals surface area contributed by atoms with Crippen LogP contribution in [-0.2, 0) is 14.2 Å². The fourth-order valence-corrected chi connectivity index (χ4v) is 2.47. The van der Waals surface area contributed by atoms with Gasteiger partial charge in [0, 0.05) is 33.7 Å². The monoisotopic (exact) mass is 311 g/mol. The molecule has 0 radical (unpaired) electrons. The van der Waals surface area contributed by atoms with Gasteiger partial charge in [0.05, 0.1) is 31.9 Å². The lowest BCUT2D eigenvalue weighted by Gasteiger charge is -2.40. The lowest BCUT2D eigenvalue weighted by molar-refractivity contribution is -0.147. The highest BCUT2D eigenvalue weighted by Gasteiger charge is 2.38. The Morgan fingerprint density at radius 2 is 1.91 bits per heavy atom. The molecule has 1 fully saturated rings. The molecule has 1 aliphatic rings. The van der Waals surface area contributed by atoms with Crippen molar-refractivity contribution < 1.29 is 23.7 Å². The summed E-state index contributed by atoms with van der Waals surface area (Å²) in [7, 11) is 6.37. The number of carbonyl (C=O) groups is 1. The van der Waals surface area contributed by atoms with Crippen LogP contribution in [0.15, 0.2) is 12.4 Å². The van der Waals surface area contributed by atoms with Crippen LogP contribution >= 0.6 is 0 Å². The third-order valence-corrected chi connectivity index (χ3v) is 3.77. The molecule has 1 aromatic rings. The molecule has 2 heterocycles. The normalized spacial score (nSPS) is 24.8. The zero-order valence-corrected chi connectivity index (χ0v) is 13.2. The molecule has 0 aromatic carbocycles. The van der Waals surface area contributed by atoms with Crippen LogP contribution in [0.1, 0.15) is 10.4 Å². The fraction of sp³-hybridized carbons (Fsp3) is 0.643. The minimum atomic E-state index is -0.258. The number of aromatic nitrogens is 2. The smallest absolute Gasteiger partial charge is 0.316 e. The van der Waals surface area contributed by atoms with Gasteiger partial charge < -0.3 is 23.8 Å². The lowest BCUT2D eigenvalue weighted by atomic mass is 10.0. The molecule has 1 aromatic heterocycles. The van der Waals surface area contributed by atoms with E-state index in [4.69, 9.17) is 18.9 Å². The number of amides is 1. The van der Waals surface area contributed by atoms with E-state index in [0.29, 0.717) is 18.8 Å². The molecule has 2 rings (SSSR count). The van der Waals surface area contributed by atoms with Crippen molar-refractivity contribution in [3.63, 3.8) is 0 Å². The lowest BCUT2D eigenvalue weighted by Crippen LogP contribution is -2.57. The van der Waals surface area contributed by atoms with E-state index < -0.39 is 0 Å². The van der Waals surface area contributed by atoms with Crippen molar-refractivity contribution in [3.8, 4) is 6.01 Å². The molecular formula is C14H21N3O5. The van der Waals surface area contributed by atoms with Gasteiger partial charge in [-0.05, 0) is 0 Å². The van der Waals surface area contributed by atoms with Gasteiger partial charge in [0.1, 0.15) is 12.2 Å². The Kier molecular flexibility index (Phi) is 5.64. The highest BCUT2D eigenvalue weighted by molar-refractivity contribution is 5.93. The summed E-state index contributed by atoms with van der Waals surface area (Å²) >= 11 is 0. The molecule has 1 saturated heterocycles. The second kappa shape index (κ2) is 7.48. The standard InChI is InChI=1S/C14H21N3O5/c1-17(10-7-22-8-11(19-2)12(10)20-3)13(18)9-5-15-14(21-4)16-6-9/h5-6,10-12H,7-8H2,1-4H3/t10-,11-,12+/m1/s1.